The van der Waals surface area contributed by atoms with Crippen molar-refractivity contribution in [1.82, 2.24) is 5.32 Å². The maximum Gasteiger partial charge on any atom is 0.393 e. The molecule has 1 fully saturated rings. The number of carbonyl (C=O) groups excluding carboxylic acids is 1. The summed E-state index contributed by atoms with van der Waals surface area (Å²) in [5.41, 5.74) is 0. The molecule has 1 aromatic carbocycles. The van der Waals surface area contributed by atoms with E-state index in [9.17, 15) is 22.4 Å². The second-order valence-corrected chi connectivity index (χ2v) is 5.88. The second-order valence-electron chi connectivity index (χ2n) is 5.47. The van der Waals surface area contributed by atoms with Crippen LogP contribution in [0.5, 0.6) is 5.75 Å². The van der Waals surface area contributed by atoms with Gasteiger partial charge in [0, 0.05) is 6.04 Å². The monoisotopic (exact) mass is 353 g/mol. The molecule has 8 heteroatoms. The van der Waals surface area contributed by atoms with Crippen LogP contribution in [-0.2, 0) is 4.79 Å². The Morgan fingerprint density at radius 3 is 2.65 bits per heavy atom. The molecule has 1 saturated carbocycles. The van der Waals surface area contributed by atoms with E-state index in [0.717, 1.165) is 12.1 Å². The van der Waals surface area contributed by atoms with Gasteiger partial charge in [-0.05, 0) is 31.0 Å². The number of carbonyl (C=O) groups is 1. The molecule has 0 heterocycles. The lowest BCUT2D eigenvalue weighted by atomic mass is 9.84. The van der Waals surface area contributed by atoms with Crippen LogP contribution in [0.2, 0.25) is 5.02 Å². The van der Waals surface area contributed by atoms with Gasteiger partial charge in [0.1, 0.15) is 11.6 Å². The van der Waals surface area contributed by atoms with Gasteiger partial charge >= 0.3 is 6.18 Å². The van der Waals surface area contributed by atoms with Crippen LogP contribution in [0.15, 0.2) is 18.2 Å². The molecule has 0 spiro atoms. The fourth-order valence-corrected chi connectivity index (χ4v) is 2.90. The summed E-state index contributed by atoms with van der Waals surface area (Å²) in [6.07, 6.45) is -2.90. The second kappa shape index (κ2) is 7.38. The molecule has 23 heavy (non-hydrogen) atoms. The van der Waals surface area contributed by atoms with Crippen molar-refractivity contribution in [2.75, 3.05) is 6.61 Å². The van der Waals surface area contributed by atoms with Gasteiger partial charge in [-0.3, -0.25) is 4.79 Å². The minimum atomic E-state index is -4.33. The normalized spacial score (nSPS) is 21.8. The zero-order valence-corrected chi connectivity index (χ0v) is 12.9. The Kier molecular flexibility index (Phi) is 5.73. The van der Waals surface area contributed by atoms with Crippen molar-refractivity contribution in [2.24, 2.45) is 5.92 Å². The van der Waals surface area contributed by atoms with Gasteiger partial charge in [0.05, 0.1) is 10.9 Å². The molecular weight excluding hydrogens is 338 g/mol. The van der Waals surface area contributed by atoms with Gasteiger partial charge in [-0.2, -0.15) is 13.2 Å². The fraction of sp³-hybridized carbons (Fsp3) is 0.533. The van der Waals surface area contributed by atoms with E-state index < -0.39 is 36.5 Å². The van der Waals surface area contributed by atoms with Crippen molar-refractivity contribution in [3.05, 3.63) is 29.0 Å². The highest BCUT2D eigenvalue weighted by Gasteiger charge is 2.45. The van der Waals surface area contributed by atoms with Crippen molar-refractivity contribution in [3.63, 3.8) is 0 Å². The first-order valence-electron chi connectivity index (χ1n) is 7.21. The summed E-state index contributed by atoms with van der Waals surface area (Å²) in [4.78, 5) is 11.8. The standard InChI is InChI=1S/C15H16ClF4NO2/c16-11-7-9(17)5-6-13(11)23-8-14(22)21-12-4-2-1-3-10(12)15(18,19)20/h5-7,10,12H,1-4,8H2,(H,21,22)/t10-,12+/m0/s1. The molecule has 1 N–H and O–H groups in total. The predicted molar refractivity (Wildman–Crippen MR) is 76.8 cm³/mol. The fourth-order valence-electron chi connectivity index (χ4n) is 2.68. The molecule has 2 rings (SSSR count). The maximum atomic E-state index is 12.9. The van der Waals surface area contributed by atoms with Crippen LogP contribution >= 0.6 is 11.6 Å². The van der Waals surface area contributed by atoms with Gasteiger partial charge in [-0.1, -0.05) is 24.4 Å². The van der Waals surface area contributed by atoms with E-state index in [2.05, 4.69) is 5.32 Å². The number of benzene rings is 1. The third-order valence-electron chi connectivity index (χ3n) is 3.79. The van der Waals surface area contributed by atoms with E-state index >= 15 is 0 Å². The Bertz CT molecular complexity index is 565. The summed E-state index contributed by atoms with van der Waals surface area (Å²) in [5, 5.41) is 2.36. The Morgan fingerprint density at radius 1 is 1.30 bits per heavy atom. The highest BCUT2D eigenvalue weighted by Crippen LogP contribution is 2.37. The minimum absolute atomic E-state index is 0.0105. The number of ether oxygens (including phenoxy) is 1. The molecule has 0 radical (unpaired) electrons. The Balaban J connectivity index is 1.90. The Hall–Kier alpha value is -1.50. The average molecular weight is 354 g/mol. The van der Waals surface area contributed by atoms with E-state index in [1.54, 1.807) is 0 Å². The molecule has 0 bridgehead atoms. The third kappa shape index (κ3) is 4.99. The first-order chi connectivity index (χ1) is 10.8. The van der Waals surface area contributed by atoms with Crippen LogP contribution in [0.3, 0.4) is 0 Å². The van der Waals surface area contributed by atoms with Crippen molar-refractivity contribution in [1.29, 1.82) is 0 Å². The maximum absolute atomic E-state index is 12.9. The summed E-state index contributed by atoms with van der Waals surface area (Å²) in [6.45, 7) is -0.480. The van der Waals surface area contributed by atoms with Crippen LogP contribution in [-0.4, -0.2) is 24.7 Å². The molecule has 128 valence electrons. The van der Waals surface area contributed by atoms with Crippen molar-refractivity contribution >= 4 is 17.5 Å². The number of alkyl halides is 3. The zero-order chi connectivity index (χ0) is 17.0. The molecule has 2 atom stereocenters. The lowest BCUT2D eigenvalue weighted by molar-refractivity contribution is -0.189. The smallest absolute Gasteiger partial charge is 0.393 e. The lowest BCUT2D eigenvalue weighted by Crippen LogP contribution is -2.48. The minimum Gasteiger partial charge on any atom is -0.482 e. The first-order valence-corrected chi connectivity index (χ1v) is 7.59. The van der Waals surface area contributed by atoms with Crippen molar-refractivity contribution < 1.29 is 27.1 Å². The number of rotatable bonds is 4. The summed E-state index contributed by atoms with van der Waals surface area (Å²) in [6, 6.07) is 2.45. The molecule has 1 aliphatic carbocycles. The van der Waals surface area contributed by atoms with E-state index in [-0.39, 0.29) is 23.6 Å². The summed E-state index contributed by atoms with van der Waals surface area (Å²) in [7, 11) is 0. The highest BCUT2D eigenvalue weighted by atomic mass is 35.5. The van der Waals surface area contributed by atoms with Gasteiger partial charge in [0.15, 0.2) is 6.61 Å². The molecule has 1 amide bonds. The molecule has 1 aliphatic rings. The molecule has 0 unspecified atom stereocenters. The Labute approximate surface area is 136 Å². The molecule has 0 saturated heterocycles. The van der Waals surface area contributed by atoms with E-state index in [1.807, 2.05) is 0 Å². The quantitative estimate of drug-likeness (QED) is 0.828. The SMILES string of the molecule is O=C(COc1ccc(F)cc1Cl)N[C@@H]1CCCC[C@@H]1C(F)(F)F. The predicted octanol–water partition coefficient (Wildman–Crippen LogP) is 4.10. The molecule has 1 aromatic rings. The third-order valence-corrected chi connectivity index (χ3v) is 4.08. The van der Waals surface area contributed by atoms with E-state index in [4.69, 9.17) is 16.3 Å². The number of amides is 1. The molecule has 3 nitrogen and oxygen atoms in total. The van der Waals surface area contributed by atoms with Crippen molar-refractivity contribution in [3.8, 4) is 5.75 Å². The van der Waals surface area contributed by atoms with Gasteiger partial charge in [-0.25, -0.2) is 4.39 Å². The summed E-state index contributed by atoms with van der Waals surface area (Å²) < 4.78 is 56.9. The average Bonchev–Trinajstić information content (AvgIpc) is 2.46. The highest BCUT2D eigenvalue weighted by molar-refractivity contribution is 6.32. The van der Waals surface area contributed by atoms with Gasteiger partial charge in [0.25, 0.3) is 5.91 Å². The van der Waals surface area contributed by atoms with E-state index in [1.165, 1.54) is 6.07 Å². The summed E-state index contributed by atoms with van der Waals surface area (Å²) in [5.74, 6) is -2.65. The van der Waals surface area contributed by atoms with Crippen LogP contribution in [0.1, 0.15) is 25.7 Å². The van der Waals surface area contributed by atoms with Gasteiger partial charge in [0.2, 0.25) is 0 Å². The summed E-state index contributed by atoms with van der Waals surface area (Å²) >= 11 is 5.74. The van der Waals surface area contributed by atoms with Crippen LogP contribution in [0, 0.1) is 11.7 Å². The topological polar surface area (TPSA) is 38.3 Å². The lowest BCUT2D eigenvalue weighted by Gasteiger charge is -2.33. The van der Waals surface area contributed by atoms with Gasteiger partial charge < -0.3 is 10.1 Å². The van der Waals surface area contributed by atoms with Crippen LogP contribution < -0.4 is 10.1 Å². The molecular formula is C15H16ClF4NO2. The van der Waals surface area contributed by atoms with Crippen LogP contribution in [0.25, 0.3) is 0 Å². The number of hydrogen-bond acceptors (Lipinski definition) is 2. The molecule has 0 aliphatic heterocycles. The zero-order valence-electron chi connectivity index (χ0n) is 12.1. The largest absolute Gasteiger partial charge is 0.482 e. The van der Waals surface area contributed by atoms with E-state index in [0.29, 0.717) is 12.8 Å². The van der Waals surface area contributed by atoms with Gasteiger partial charge in [-0.15, -0.1) is 0 Å². The van der Waals surface area contributed by atoms with Crippen molar-refractivity contribution in [2.45, 2.75) is 37.9 Å². The first kappa shape index (κ1) is 17.8. The number of hydrogen-bond donors (Lipinski definition) is 1. The molecule has 0 aromatic heterocycles. The number of halogens is 5. The van der Waals surface area contributed by atoms with Crippen LogP contribution in [0.4, 0.5) is 17.6 Å². The number of nitrogens with one attached hydrogen (secondary N) is 1. The Morgan fingerprint density at radius 2 is 2.00 bits per heavy atom.